The van der Waals surface area contributed by atoms with Crippen LogP contribution in [0.25, 0.3) is 0 Å². The van der Waals surface area contributed by atoms with E-state index in [4.69, 9.17) is 11.6 Å². The molecule has 1 rings (SSSR count). The summed E-state index contributed by atoms with van der Waals surface area (Å²) in [5.41, 5.74) is 1.29. The molecule has 0 saturated carbocycles. The van der Waals surface area contributed by atoms with Gasteiger partial charge in [-0.2, -0.15) is 0 Å². The van der Waals surface area contributed by atoms with Gasteiger partial charge in [-0.25, -0.2) is 4.79 Å². The first-order chi connectivity index (χ1) is 6.06. The second-order valence-electron chi connectivity index (χ2n) is 2.57. The SMILES string of the molecule is COC(=O)c1c(C)cc(I)cc1Cl. The summed E-state index contributed by atoms with van der Waals surface area (Å²) in [6.45, 7) is 1.83. The van der Waals surface area contributed by atoms with Crippen LogP contribution in [0.2, 0.25) is 5.02 Å². The molecule has 1 aromatic carbocycles. The highest BCUT2D eigenvalue weighted by molar-refractivity contribution is 14.1. The number of esters is 1. The summed E-state index contributed by atoms with van der Waals surface area (Å²) in [5.74, 6) is -0.390. The third-order valence-corrected chi connectivity index (χ3v) is 2.56. The summed E-state index contributed by atoms with van der Waals surface area (Å²) < 4.78 is 5.62. The van der Waals surface area contributed by atoms with E-state index in [2.05, 4.69) is 27.3 Å². The number of carbonyl (C=O) groups excluding carboxylic acids is 1. The molecule has 0 amide bonds. The largest absolute Gasteiger partial charge is 0.465 e. The molecule has 0 saturated heterocycles. The average molecular weight is 311 g/mol. The third kappa shape index (κ3) is 2.34. The Labute approximate surface area is 95.4 Å². The van der Waals surface area contributed by atoms with Crippen molar-refractivity contribution < 1.29 is 9.53 Å². The summed E-state index contributed by atoms with van der Waals surface area (Å²) in [5, 5.41) is 0.441. The van der Waals surface area contributed by atoms with E-state index in [0.717, 1.165) is 9.13 Å². The van der Waals surface area contributed by atoms with E-state index in [1.54, 1.807) is 6.07 Å². The van der Waals surface area contributed by atoms with Gasteiger partial charge in [-0.15, -0.1) is 0 Å². The van der Waals surface area contributed by atoms with Crippen LogP contribution in [-0.4, -0.2) is 13.1 Å². The molecule has 4 heteroatoms. The molecule has 0 heterocycles. The van der Waals surface area contributed by atoms with Crippen LogP contribution in [0, 0.1) is 10.5 Å². The molecule has 0 spiro atoms. The summed E-state index contributed by atoms with van der Waals surface area (Å²) in [4.78, 5) is 11.3. The topological polar surface area (TPSA) is 26.3 Å². The molecule has 70 valence electrons. The van der Waals surface area contributed by atoms with Gasteiger partial charge in [-0.05, 0) is 47.2 Å². The molecule has 0 atom stereocenters. The number of halogens is 2. The Morgan fingerprint density at radius 3 is 2.62 bits per heavy atom. The summed E-state index contributed by atoms with van der Waals surface area (Å²) in [6.07, 6.45) is 0. The van der Waals surface area contributed by atoms with Crippen LogP contribution < -0.4 is 0 Å². The Hall–Kier alpha value is -0.290. The van der Waals surface area contributed by atoms with Gasteiger partial charge in [0.05, 0.1) is 17.7 Å². The fraction of sp³-hybridized carbons (Fsp3) is 0.222. The highest BCUT2D eigenvalue weighted by atomic mass is 127. The van der Waals surface area contributed by atoms with Crippen LogP contribution in [0.3, 0.4) is 0 Å². The summed E-state index contributed by atoms with van der Waals surface area (Å²) in [7, 11) is 1.34. The number of aryl methyl sites for hydroxylation is 1. The third-order valence-electron chi connectivity index (χ3n) is 1.64. The number of carbonyl (C=O) groups is 1. The smallest absolute Gasteiger partial charge is 0.339 e. The monoisotopic (exact) mass is 310 g/mol. The summed E-state index contributed by atoms with van der Waals surface area (Å²) in [6, 6.07) is 3.63. The van der Waals surface area contributed by atoms with E-state index in [0.29, 0.717) is 10.6 Å². The molecular formula is C9H8ClIO2. The van der Waals surface area contributed by atoms with Crippen LogP contribution in [-0.2, 0) is 4.74 Å². The molecule has 0 aliphatic heterocycles. The average Bonchev–Trinajstić information content (AvgIpc) is 2.02. The van der Waals surface area contributed by atoms with E-state index in [-0.39, 0.29) is 5.97 Å². The molecule has 13 heavy (non-hydrogen) atoms. The van der Waals surface area contributed by atoms with Crippen molar-refractivity contribution in [3.05, 3.63) is 31.9 Å². The van der Waals surface area contributed by atoms with E-state index >= 15 is 0 Å². The van der Waals surface area contributed by atoms with Gasteiger partial charge in [-0.3, -0.25) is 0 Å². The Kier molecular flexibility index (Phi) is 3.55. The minimum absolute atomic E-state index is 0.390. The van der Waals surface area contributed by atoms with Crippen molar-refractivity contribution in [2.45, 2.75) is 6.92 Å². The molecule has 0 aromatic heterocycles. The predicted molar refractivity (Wildman–Crippen MR) is 60.2 cm³/mol. The van der Waals surface area contributed by atoms with Crippen molar-refractivity contribution in [1.82, 2.24) is 0 Å². The number of hydrogen-bond donors (Lipinski definition) is 0. The standard InChI is InChI=1S/C9H8ClIO2/c1-5-3-6(11)4-7(10)8(5)9(12)13-2/h3-4H,1-2H3. The van der Waals surface area contributed by atoms with Crippen LogP contribution in [0.15, 0.2) is 12.1 Å². The van der Waals surface area contributed by atoms with Crippen LogP contribution in [0.4, 0.5) is 0 Å². The maximum Gasteiger partial charge on any atom is 0.339 e. The molecule has 0 N–H and O–H groups in total. The van der Waals surface area contributed by atoms with Gasteiger partial charge in [0.15, 0.2) is 0 Å². The van der Waals surface area contributed by atoms with E-state index in [1.165, 1.54) is 7.11 Å². The molecule has 0 bridgehead atoms. The van der Waals surface area contributed by atoms with Crippen molar-refractivity contribution in [2.75, 3.05) is 7.11 Å². The molecule has 1 aromatic rings. The van der Waals surface area contributed by atoms with E-state index < -0.39 is 0 Å². The van der Waals surface area contributed by atoms with Gasteiger partial charge in [0, 0.05) is 3.57 Å². The Bertz CT molecular complexity index is 326. The van der Waals surface area contributed by atoms with Crippen molar-refractivity contribution in [1.29, 1.82) is 0 Å². The summed E-state index contributed by atoms with van der Waals surface area (Å²) >= 11 is 8.05. The first-order valence-electron chi connectivity index (χ1n) is 3.60. The van der Waals surface area contributed by atoms with Crippen molar-refractivity contribution in [3.63, 3.8) is 0 Å². The lowest BCUT2D eigenvalue weighted by Crippen LogP contribution is -2.05. The molecule has 0 aliphatic carbocycles. The first-order valence-corrected chi connectivity index (χ1v) is 5.06. The normalized spacial score (nSPS) is 9.85. The van der Waals surface area contributed by atoms with Crippen molar-refractivity contribution in [3.8, 4) is 0 Å². The highest BCUT2D eigenvalue weighted by Gasteiger charge is 2.14. The molecule has 0 fully saturated rings. The molecule has 0 radical (unpaired) electrons. The fourth-order valence-electron chi connectivity index (χ4n) is 1.06. The lowest BCUT2D eigenvalue weighted by molar-refractivity contribution is 0.0600. The number of hydrogen-bond acceptors (Lipinski definition) is 2. The van der Waals surface area contributed by atoms with Crippen molar-refractivity contribution >= 4 is 40.2 Å². The number of benzene rings is 1. The van der Waals surface area contributed by atoms with Crippen LogP contribution in [0.5, 0.6) is 0 Å². The Balaban J connectivity index is 3.28. The zero-order chi connectivity index (χ0) is 10.0. The second-order valence-corrected chi connectivity index (χ2v) is 4.22. The lowest BCUT2D eigenvalue weighted by atomic mass is 10.1. The zero-order valence-corrected chi connectivity index (χ0v) is 10.1. The van der Waals surface area contributed by atoms with Gasteiger partial charge in [0.25, 0.3) is 0 Å². The molecule has 2 nitrogen and oxygen atoms in total. The number of ether oxygens (including phenoxy) is 1. The van der Waals surface area contributed by atoms with Crippen LogP contribution in [0.1, 0.15) is 15.9 Å². The Morgan fingerprint density at radius 1 is 1.54 bits per heavy atom. The minimum Gasteiger partial charge on any atom is -0.465 e. The van der Waals surface area contributed by atoms with Gasteiger partial charge in [0.1, 0.15) is 0 Å². The second kappa shape index (κ2) is 4.28. The van der Waals surface area contributed by atoms with Gasteiger partial charge >= 0.3 is 5.97 Å². The zero-order valence-electron chi connectivity index (χ0n) is 7.23. The highest BCUT2D eigenvalue weighted by Crippen LogP contribution is 2.23. The van der Waals surface area contributed by atoms with Gasteiger partial charge in [-0.1, -0.05) is 11.6 Å². The molecular weight excluding hydrogens is 302 g/mol. The molecule has 0 aliphatic rings. The van der Waals surface area contributed by atoms with Gasteiger partial charge in [0.2, 0.25) is 0 Å². The Morgan fingerprint density at radius 2 is 2.15 bits per heavy atom. The van der Waals surface area contributed by atoms with Crippen molar-refractivity contribution in [2.24, 2.45) is 0 Å². The maximum atomic E-state index is 11.3. The van der Waals surface area contributed by atoms with Crippen LogP contribution >= 0.6 is 34.2 Å². The number of methoxy groups -OCH3 is 1. The number of rotatable bonds is 1. The molecule has 0 unspecified atom stereocenters. The lowest BCUT2D eigenvalue weighted by Gasteiger charge is -2.06. The van der Waals surface area contributed by atoms with E-state index in [9.17, 15) is 4.79 Å². The predicted octanol–water partition coefficient (Wildman–Crippen LogP) is 3.04. The maximum absolute atomic E-state index is 11.3. The fourth-order valence-corrected chi connectivity index (χ4v) is 2.37. The van der Waals surface area contributed by atoms with E-state index in [1.807, 2.05) is 13.0 Å². The quantitative estimate of drug-likeness (QED) is 0.589. The van der Waals surface area contributed by atoms with Gasteiger partial charge < -0.3 is 4.74 Å². The minimum atomic E-state index is -0.390. The first kappa shape index (κ1) is 10.8.